The maximum atomic E-state index is 7.11. The first kappa shape index (κ1) is 2.80. The summed E-state index contributed by atoms with van der Waals surface area (Å²) in [5.41, 5.74) is 0. The van der Waals surface area contributed by atoms with E-state index in [9.17, 15) is 0 Å². The highest BCUT2D eigenvalue weighted by molar-refractivity contribution is 7.09. The van der Waals surface area contributed by atoms with Crippen molar-refractivity contribution in [2.24, 2.45) is 0 Å². The van der Waals surface area contributed by atoms with Gasteiger partial charge in [0.2, 0.25) is 0 Å². The van der Waals surface area contributed by atoms with E-state index in [-0.39, 0.29) is 0 Å². The van der Waals surface area contributed by atoms with Gasteiger partial charge >= 0.3 is 0 Å². The van der Waals surface area contributed by atoms with Crippen molar-refractivity contribution < 1.29 is 1.37 Å². The summed E-state index contributed by atoms with van der Waals surface area (Å²) < 4.78 is 7.11. The molecule has 1 aromatic heterocycles. The van der Waals surface area contributed by atoms with Gasteiger partial charge in [0, 0.05) is 4.88 Å². The lowest BCUT2D eigenvalue weighted by Crippen LogP contribution is -1.42. The molecule has 6 heavy (non-hydrogen) atoms. The van der Waals surface area contributed by atoms with Crippen molar-refractivity contribution >= 4 is 11.3 Å². The SMILES string of the molecule is [2H]c1ccsc1C. The second-order valence-electron chi connectivity index (χ2n) is 1.12. The molecule has 0 bridgehead atoms. The van der Waals surface area contributed by atoms with Crippen LogP contribution in [0.3, 0.4) is 0 Å². The lowest BCUT2D eigenvalue weighted by atomic mass is 10.5. The minimum Gasteiger partial charge on any atom is -0.149 e. The number of hydrogen-bond donors (Lipinski definition) is 0. The van der Waals surface area contributed by atoms with Crippen molar-refractivity contribution in [1.29, 1.82) is 0 Å². The van der Waals surface area contributed by atoms with Gasteiger partial charge in [-0.05, 0) is 18.3 Å². The van der Waals surface area contributed by atoms with Gasteiger partial charge in [-0.1, -0.05) is 6.07 Å². The summed E-state index contributed by atoms with van der Waals surface area (Å²) in [6.45, 7) is 1.95. The highest BCUT2D eigenvalue weighted by atomic mass is 32.1. The predicted molar refractivity (Wildman–Crippen MR) is 29.1 cm³/mol. The van der Waals surface area contributed by atoms with Crippen LogP contribution in [0, 0.1) is 6.92 Å². The van der Waals surface area contributed by atoms with Gasteiger partial charge in [0.05, 0.1) is 1.37 Å². The number of hydrogen-bond acceptors (Lipinski definition) is 1. The Morgan fingerprint density at radius 3 is 3.00 bits per heavy atom. The molecule has 0 N–H and O–H groups in total. The van der Waals surface area contributed by atoms with E-state index in [4.69, 9.17) is 1.37 Å². The average Bonchev–Trinajstić information content (AvgIpc) is 1.91. The van der Waals surface area contributed by atoms with E-state index in [1.165, 1.54) is 0 Å². The van der Waals surface area contributed by atoms with E-state index in [0.29, 0.717) is 6.04 Å². The van der Waals surface area contributed by atoms with Crippen LogP contribution in [0.1, 0.15) is 6.25 Å². The molecule has 0 nitrogen and oxygen atoms in total. The molecule has 0 atom stereocenters. The molecule has 0 unspecified atom stereocenters. The Kier molecular flexibility index (Phi) is 0.670. The molecule has 0 aliphatic carbocycles. The first-order valence-corrected chi connectivity index (χ1v) is 2.69. The van der Waals surface area contributed by atoms with E-state index in [1.54, 1.807) is 17.4 Å². The summed E-state index contributed by atoms with van der Waals surface area (Å²) in [7, 11) is 0. The molecule has 0 saturated carbocycles. The van der Waals surface area contributed by atoms with Gasteiger partial charge in [0.25, 0.3) is 0 Å². The van der Waals surface area contributed by atoms with E-state index < -0.39 is 0 Å². The molecule has 1 aromatic rings. The first-order valence-electron chi connectivity index (χ1n) is 2.31. The molecule has 0 aliphatic rings. The van der Waals surface area contributed by atoms with Crippen molar-refractivity contribution in [2.75, 3.05) is 0 Å². The van der Waals surface area contributed by atoms with Crippen LogP contribution in [-0.2, 0) is 0 Å². The topological polar surface area (TPSA) is 0 Å². The summed E-state index contributed by atoms with van der Waals surface area (Å²) >= 11 is 1.62. The fourth-order valence-corrected chi connectivity index (χ4v) is 0.798. The number of rotatable bonds is 0. The molecule has 1 heterocycles. The van der Waals surface area contributed by atoms with Crippen LogP contribution in [-0.4, -0.2) is 0 Å². The van der Waals surface area contributed by atoms with Crippen LogP contribution in [0.25, 0.3) is 0 Å². The fourth-order valence-electron chi connectivity index (χ4n) is 0.321. The van der Waals surface area contributed by atoms with Crippen molar-refractivity contribution in [3.05, 3.63) is 22.4 Å². The van der Waals surface area contributed by atoms with Gasteiger partial charge < -0.3 is 0 Å². The molecule has 0 aliphatic heterocycles. The Bertz CT molecular complexity index is 140. The smallest absolute Gasteiger partial charge is 0.0634 e. The standard InChI is InChI=1S/C5H6S/c1-5-3-2-4-6-5/h2-4H,1H3/i3D. The van der Waals surface area contributed by atoms with Crippen LogP contribution in [0.15, 0.2) is 17.5 Å². The van der Waals surface area contributed by atoms with Crippen LogP contribution in [0.2, 0.25) is 0 Å². The second-order valence-corrected chi connectivity index (χ2v) is 2.24. The molecule has 0 saturated heterocycles. The minimum atomic E-state index is 0.657. The van der Waals surface area contributed by atoms with Crippen molar-refractivity contribution in [2.45, 2.75) is 6.92 Å². The Morgan fingerprint density at radius 1 is 2.00 bits per heavy atom. The van der Waals surface area contributed by atoms with Crippen molar-refractivity contribution in [3.63, 3.8) is 0 Å². The van der Waals surface area contributed by atoms with E-state index >= 15 is 0 Å². The number of aryl methyl sites for hydroxylation is 1. The largest absolute Gasteiger partial charge is 0.149 e. The molecule has 0 amide bonds. The lowest BCUT2D eigenvalue weighted by molar-refractivity contribution is 1.64. The van der Waals surface area contributed by atoms with Gasteiger partial charge in [0.15, 0.2) is 0 Å². The average molecular weight is 99.2 g/mol. The Labute approximate surface area is 42.8 Å². The summed E-state index contributed by atoms with van der Waals surface area (Å²) in [5.74, 6) is 0. The number of thiophene rings is 1. The minimum absolute atomic E-state index is 0.657. The van der Waals surface area contributed by atoms with Gasteiger partial charge in [0.1, 0.15) is 0 Å². The molecule has 1 rings (SSSR count). The highest BCUT2D eigenvalue weighted by Gasteiger charge is 1.74. The van der Waals surface area contributed by atoms with E-state index in [0.717, 1.165) is 4.88 Å². The third-order valence-corrected chi connectivity index (χ3v) is 1.34. The van der Waals surface area contributed by atoms with Gasteiger partial charge in [-0.2, -0.15) is 0 Å². The zero-order chi connectivity index (χ0) is 5.28. The molecule has 0 radical (unpaired) electrons. The zero-order valence-electron chi connectivity index (χ0n) is 4.56. The van der Waals surface area contributed by atoms with Gasteiger partial charge in [-0.25, -0.2) is 0 Å². The third-order valence-electron chi connectivity index (χ3n) is 0.599. The summed E-state index contributed by atoms with van der Waals surface area (Å²) in [6.07, 6.45) is 0. The molecular formula is C5H6S. The maximum Gasteiger partial charge on any atom is 0.0634 e. The summed E-state index contributed by atoms with van der Waals surface area (Å²) in [6, 6.07) is 2.46. The van der Waals surface area contributed by atoms with Gasteiger partial charge in [-0.3, -0.25) is 0 Å². The molecule has 0 fully saturated rings. The molecule has 0 spiro atoms. The Hall–Kier alpha value is -0.300. The molecule has 1 heteroatoms. The molecule has 32 valence electrons. The quantitative estimate of drug-likeness (QED) is 0.467. The monoisotopic (exact) mass is 99.0 g/mol. The first-order chi connectivity index (χ1) is 3.30. The van der Waals surface area contributed by atoms with E-state index in [2.05, 4.69) is 0 Å². The highest BCUT2D eigenvalue weighted by Crippen LogP contribution is 2.03. The van der Waals surface area contributed by atoms with Crippen LogP contribution >= 0.6 is 11.3 Å². The summed E-state index contributed by atoms with van der Waals surface area (Å²) in [5, 5.41) is 1.93. The fraction of sp³-hybridized carbons (Fsp3) is 0.200. The van der Waals surface area contributed by atoms with Crippen molar-refractivity contribution in [1.82, 2.24) is 0 Å². The van der Waals surface area contributed by atoms with Crippen LogP contribution in [0.4, 0.5) is 0 Å². The van der Waals surface area contributed by atoms with Crippen LogP contribution < -0.4 is 0 Å². The molecule has 0 aromatic carbocycles. The van der Waals surface area contributed by atoms with Gasteiger partial charge in [-0.15, -0.1) is 11.3 Å². The van der Waals surface area contributed by atoms with E-state index in [1.807, 2.05) is 12.3 Å². The zero-order valence-corrected chi connectivity index (χ0v) is 4.38. The second kappa shape index (κ2) is 1.43. The lowest BCUT2D eigenvalue weighted by Gasteiger charge is -1.65. The summed E-state index contributed by atoms with van der Waals surface area (Å²) in [4.78, 5) is 1.10. The Morgan fingerprint density at radius 2 is 2.83 bits per heavy atom. The normalized spacial score (nSPS) is 11.2. The Balaban J connectivity index is 3.12. The maximum absolute atomic E-state index is 7.11. The van der Waals surface area contributed by atoms with Crippen molar-refractivity contribution in [3.8, 4) is 0 Å². The van der Waals surface area contributed by atoms with Crippen LogP contribution in [0.5, 0.6) is 0 Å². The molecular weight excluding hydrogens is 92.1 g/mol. The predicted octanol–water partition coefficient (Wildman–Crippen LogP) is 2.06. The third kappa shape index (κ3) is 0.601.